The van der Waals surface area contributed by atoms with E-state index in [1.165, 1.54) is 11.1 Å². The molecule has 1 aliphatic rings. The number of aryl methyl sites for hydroxylation is 1. The van der Waals surface area contributed by atoms with Gasteiger partial charge in [0.15, 0.2) is 0 Å². The van der Waals surface area contributed by atoms with E-state index in [1.807, 2.05) is 13.8 Å². The van der Waals surface area contributed by atoms with E-state index >= 15 is 0 Å². The van der Waals surface area contributed by atoms with Crippen molar-refractivity contribution in [2.45, 2.75) is 39.5 Å². The van der Waals surface area contributed by atoms with Gasteiger partial charge in [0.05, 0.1) is 6.61 Å². The number of ether oxygens (including phenoxy) is 1. The van der Waals surface area contributed by atoms with Crippen molar-refractivity contribution in [2.24, 2.45) is 0 Å². The molecule has 1 atom stereocenters. The molecule has 1 aromatic heterocycles. The van der Waals surface area contributed by atoms with Crippen LogP contribution in [-0.4, -0.2) is 49.2 Å². The van der Waals surface area contributed by atoms with Crippen LogP contribution in [0.2, 0.25) is 0 Å². The Bertz CT molecular complexity index is 840. The summed E-state index contributed by atoms with van der Waals surface area (Å²) in [5.74, 6) is 0.832. The molecule has 7 nitrogen and oxygen atoms in total. The third-order valence-corrected chi connectivity index (χ3v) is 5.18. The van der Waals surface area contributed by atoms with Crippen molar-refractivity contribution < 1.29 is 9.53 Å². The SMILES string of the molecule is CNC(=O)c1nc(C)c(C)c(N2CC[C@@H](NCc3cccc(COC)c3)C2)n1. The molecule has 2 heterocycles. The van der Waals surface area contributed by atoms with Crippen LogP contribution in [0.5, 0.6) is 0 Å². The van der Waals surface area contributed by atoms with E-state index in [2.05, 4.69) is 49.8 Å². The van der Waals surface area contributed by atoms with Gasteiger partial charge in [-0.25, -0.2) is 9.97 Å². The molecule has 28 heavy (non-hydrogen) atoms. The largest absolute Gasteiger partial charge is 0.380 e. The molecule has 7 heteroatoms. The lowest BCUT2D eigenvalue weighted by molar-refractivity contribution is 0.0952. The third kappa shape index (κ3) is 4.66. The van der Waals surface area contributed by atoms with Gasteiger partial charge in [-0.1, -0.05) is 24.3 Å². The van der Waals surface area contributed by atoms with E-state index in [0.717, 1.165) is 43.1 Å². The summed E-state index contributed by atoms with van der Waals surface area (Å²) >= 11 is 0. The highest BCUT2D eigenvalue weighted by atomic mass is 16.5. The number of nitrogens with zero attached hydrogens (tertiary/aromatic N) is 3. The van der Waals surface area contributed by atoms with Crippen LogP contribution in [0.15, 0.2) is 24.3 Å². The first kappa shape index (κ1) is 20.2. The Morgan fingerprint density at radius 1 is 1.29 bits per heavy atom. The molecule has 1 amide bonds. The number of amides is 1. The highest BCUT2D eigenvalue weighted by molar-refractivity contribution is 5.90. The van der Waals surface area contributed by atoms with Crippen molar-refractivity contribution in [3.63, 3.8) is 0 Å². The van der Waals surface area contributed by atoms with E-state index in [-0.39, 0.29) is 11.7 Å². The second-order valence-corrected chi connectivity index (χ2v) is 7.23. The number of hydrogen-bond acceptors (Lipinski definition) is 6. The number of aromatic nitrogens is 2. The van der Waals surface area contributed by atoms with E-state index in [4.69, 9.17) is 4.74 Å². The molecule has 150 valence electrons. The number of benzene rings is 1. The van der Waals surface area contributed by atoms with Gasteiger partial charge in [-0.15, -0.1) is 0 Å². The number of anilines is 1. The number of carbonyl (C=O) groups excluding carboxylic acids is 1. The maximum absolute atomic E-state index is 12.0. The second-order valence-electron chi connectivity index (χ2n) is 7.23. The topological polar surface area (TPSA) is 79.4 Å². The van der Waals surface area contributed by atoms with Gasteiger partial charge in [-0.2, -0.15) is 0 Å². The van der Waals surface area contributed by atoms with Gasteiger partial charge in [0.2, 0.25) is 5.82 Å². The number of carbonyl (C=O) groups is 1. The Morgan fingerprint density at radius 2 is 2.07 bits per heavy atom. The van der Waals surface area contributed by atoms with Crippen molar-refractivity contribution in [1.82, 2.24) is 20.6 Å². The molecule has 0 unspecified atom stereocenters. The second kappa shape index (κ2) is 9.12. The molecule has 1 aromatic carbocycles. The maximum Gasteiger partial charge on any atom is 0.288 e. The van der Waals surface area contributed by atoms with Gasteiger partial charge in [0, 0.05) is 51.1 Å². The summed E-state index contributed by atoms with van der Waals surface area (Å²) in [5.41, 5.74) is 4.31. The zero-order chi connectivity index (χ0) is 20.1. The molecular weight excluding hydrogens is 354 g/mol. The zero-order valence-electron chi connectivity index (χ0n) is 17.1. The summed E-state index contributed by atoms with van der Waals surface area (Å²) in [6, 6.07) is 8.83. The minimum atomic E-state index is -0.255. The van der Waals surface area contributed by atoms with Crippen LogP contribution < -0.4 is 15.5 Å². The Hall–Kier alpha value is -2.51. The highest BCUT2D eigenvalue weighted by Gasteiger charge is 2.26. The van der Waals surface area contributed by atoms with Gasteiger partial charge in [0.1, 0.15) is 5.82 Å². The molecule has 1 aliphatic heterocycles. The van der Waals surface area contributed by atoms with Crippen LogP contribution in [0, 0.1) is 13.8 Å². The lowest BCUT2D eigenvalue weighted by Gasteiger charge is -2.21. The van der Waals surface area contributed by atoms with Crippen molar-refractivity contribution in [3.05, 3.63) is 52.5 Å². The smallest absolute Gasteiger partial charge is 0.288 e. The molecule has 0 saturated carbocycles. The lowest BCUT2D eigenvalue weighted by Crippen LogP contribution is -2.33. The number of rotatable bonds is 7. The van der Waals surface area contributed by atoms with Crippen LogP contribution in [0.25, 0.3) is 0 Å². The highest BCUT2D eigenvalue weighted by Crippen LogP contribution is 2.24. The van der Waals surface area contributed by atoms with Gasteiger partial charge >= 0.3 is 0 Å². The van der Waals surface area contributed by atoms with Gasteiger partial charge in [0.25, 0.3) is 5.91 Å². The molecule has 0 aliphatic carbocycles. The Labute approximate surface area is 166 Å². The summed E-state index contributed by atoms with van der Waals surface area (Å²) in [7, 11) is 3.31. The van der Waals surface area contributed by atoms with Crippen molar-refractivity contribution in [1.29, 1.82) is 0 Å². The predicted octanol–water partition coefficient (Wildman–Crippen LogP) is 1.97. The molecule has 1 saturated heterocycles. The van der Waals surface area contributed by atoms with E-state index < -0.39 is 0 Å². The molecule has 0 spiro atoms. The first-order valence-corrected chi connectivity index (χ1v) is 9.64. The van der Waals surface area contributed by atoms with Crippen LogP contribution in [0.4, 0.5) is 5.82 Å². The van der Waals surface area contributed by atoms with Crippen molar-refractivity contribution >= 4 is 11.7 Å². The number of methoxy groups -OCH3 is 1. The van der Waals surface area contributed by atoms with Gasteiger partial charge < -0.3 is 20.3 Å². The molecule has 3 rings (SSSR count). The van der Waals surface area contributed by atoms with E-state index in [1.54, 1.807) is 14.2 Å². The fourth-order valence-corrected chi connectivity index (χ4v) is 3.51. The Balaban J connectivity index is 1.65. The monoisotopic (exact) mass is 383 g/mol. The average Bonchev–Trinajstić information content (AvgIpc) is 3.17. The summed E-state index contributed by atoms with van der Waals surface area (Å²) in [4.78, 5) is 23.1. The maximum atomic E-state index is 12.0. The molecule has 0 radical (unpaired) electrons. The molecule has 2 N–H and O–H groups in total. The van der Waals surface area contributed by atoms with Crippen LogP contribution in [0.1, 0.15) is 39.4 Å². The fourth-order valence-electron chi connectivity index (χ4n) is 3.51. The standard InChI is InChI=1S/C21H29N5O2/c1-14-15(2)24-19(21(27)22-3)25-20(14)26-9-8-18(12-26)23-11-16-6-5-7-17(10-16)13-28-4/h5-7,10,18,23H,8-9,11-13H2,1-4H3,(H,22,27)/t18-/m1/s1. The summed E-state index contributed by atoms with van der Waals surface area (Å²) in [6.07, 6.45) is 1.04. The fraction of sp³-hybridized carbons (Fsp3) is 0.476. The number of nitrogens with one attached hydrogen (secondary N) is 2. The molecule has 1 fully saturated rings. The quantitative estimate of drug-likeness (QED) is 0.761. The van der Waals surface area contributed by atoms with Crippen molar-refractivity contribution in [2.75, 3.05) is 32.1 Å². The van der Waals surface area contributed by atoms with E-state index in [0.29, 0.717) is 12.6 Å². The minimum absolute atomic E-state index is 0.229. The summed E-state index contributed by atoms with van der Waals surface area (Å²) in [5, 5.41) is 6.25. The van der Waals surface area contributed by atoms with Crippen LogP contribution in [0.3, 0.4) is 0 Å². The van der Waals surface area contributed by atoms with Gasteiger partial charge in [-0.05, 0) is 31.4 Å². The van der Waals surface area contributed by atoms with Gasteiger partial charge in [-0.3, -0.25) is 4.79 Å². The van der Waals surface area contributed by atoms with E-state index in [9.17, 15) is 4.79 Å². The van der Waals surface area contributed by atoms with Crippen molar-refractivity contribution in [3.8, 4) is 0 Å². The lowest BCUT2D eigenvalue weighted by atomic mass is 10.1. The summed E-state index contributed by atoms with van der Waals surface area (Å²) in [6.45, 7) is 7.16. The van der Waals surface area contributed by atoms with Crippen LogP contribution in [-0.2, 0) is 17.9 Å². The molecule has 2 aromatic rings. The zero-order valence-corrected chi connectivity index (χ0v) is 17.1. The molecule has 0 bridgehead atoms. The number of hydrogen-bond donors (Lipinski definition) is 2. The average molecular weight is 383 g/mol. The Kier molecular flexibility index (Phi) is 6.59. The van der Waals surface area contributed by atoms with Crippen LogP contribution >= 0.6 is 0 Å². The minimum Gasteiger partial charge on any atom is -0.380 e. The normalized spacial score (nSPS) is 16.4. The Morgan fingerprint density at radius 3 is 2.82 bits per heavy atom. The molecular formula is C21H29N5O2. The predicted molar refractivity (Wildman–Crippen MR) is 110 cm³/mol. The third-order valence-electron chi connectivity index (χ3n) is 5.18. The first-order chi connectivity index (χ1) is 13.5. The first-order valence-electron chi connectivity index (χ1n) is 9.64. The summed E-state index contributed by atoms with van der Waals surface area (Å²) < 4.78 is 5.21.